The lowest BCUT2D eigenvalue weighted by atomic mass is 10.1. The molecule has 0 radical (unpaired) electrons. The number of nitrogens with one attached hydrogen (secondary N) is 2. The molecular formula is C23H27ClN4O2. The highest BCUT2D eigenvalue weighted by molar-refractivity contribution is 6.30. The van der Waals surface area contributed by atoms with Crippen LogP contribution in [-0.2, 0) is 9.59 Å². The van der Waals surface area contributed by atoms with Gasteiger partial charge in [0.2, 0.25) is 12.3 Å². The molecule has 7 heteroatoms. The average Bonchev–Trinajstić information content (AvgIpc) is 2.74. The number of halogens is 1. The van der Waals surface area contributed by atoms with Crippen molar-refractivity contribution >= 4 is 47.1 Å². The van der Waals surface area contributed by atoms with Crippen LogP contribution in [0.5, 0.6) is 0 Å². The number of hydrogen-bond donors (Lipinski definition) is 2. The molecule has 1 fully saturated rings. The monoisotopic (exact) mass is 426 g/mol. The molecule has 0 aromatic heterocycles. The minimum absolute atomic E-state index is 0.0703. The summed E-state index contributed by atoms with van der Waals surface area (Å²) in [6, 6.07) is 13.5. The minimum atomic E-state index is 0.0703. The maximum atomic E-state index is 12.8. The normalized spacial score (nSPS) is 16.6. The topological polar surface area (TPSA) is 64.7 Å². The van der Waals surface area contributed by atoms with Gasteiger partial charge in [-0.2, -0.15) is 0 Å². The molecule has 1 aliphatic heterocycles. The Labute approximate surface area is 182 Å². The summed E-state index contributed by atoms with van der Waals surface area (Å²) < 4.78 is 0. The zero-order valence-corrected chi connectivity index (χ0v) is 18.0. The van der Waals surface area contributed by atoms with Crippen LogP contribution in [0.3, 0.4) is 0 Å². The van der Waals surface area contributed by atoms with Crippen molar-refractivity contribution in [3.8, 4) is 0 Å². The van der Waals surface area contributed by atoms with Gasteiger partial charge in [0.05, 0.1) is 6.54 Å². The van der Waals surface area contributed by atoms with E-state index in [1.54, 1.807) is 0 Å². The highest BCUT2D eigenvalue weighted by Crippen LogP contribution is 2.23. The van der Waals surface area contributed by atoms with Crippen molar-refractivity contribution in [2.45, 2.75) is 19.9 Å². The minimum Gasteiger partial charge on any atom is -0.376 e. The van der Waals surface area contributed by atoms with E-state index in [4.69, 9.17) is 11.6 Å². The SMILES string of the molecule is C/C=C\c1cc(NCC(=O)N2CCN(c3ccc(Cl)cc3)C[C@H]2C)ccc1NC=O. The van der Waals surface area contributed by atoms with Gasteiger partial charge in [0.15, 0.2) is 0 Å². The third kappa shape index (κ3) is 5.33. The van der Waals surface area contributed by atoms with E-state index < -0.39 is 0 Å². The number of piperazine rings is 1. The van der Waals surface area contributed by atoms with E-state index in [9.17, 15) is 9.59 Å². The number of carbonyl (C=O) groups is 2. The molecule has 0 saturated carbocycles. The molecule has 0 spiro atoms. The van der Waals surface area contributed by atoms with Gasteiger partial charge in [-0.05, 0) is 61.9 Å². The average molecular weight is 427 g/mol. The van der Waals surface area contributed by atoms with Crippen molar-refractivity contribution in [2.75, 3.05) is 41.7 Å². The van der Waals surface area contributed by atoms with Crippen LogP contribution in [0.4, 0.5) is 17.1 Å². The first-order chi connectivity index (χ1) is 14.5. The fraction of sp³-hybridized carbons (Fsp3) is 0.304. The largest absolute Gasteiger partial charge is 0.376 e. The molecule has 0 unspecified atom stereocenters. The fourth-order valence-corrected chi connectivity index (χ4v) is 3.80. The Balaban J connectivity index is 1.58. The van der Waals surface area contributed by atoms with Crippen molar-refractivity contribution < 1.29 is 9.59 Å². The number of anilines is 3. The van der Waals surface area contributed by atoms with E-state index >= 15 is 0 Å². The first-order valence-corrected chi connectivity index (χ1v) is 10.4. The van der Waals surface area contributed by atoms with Gasteiger partial charge in [-0.15, -0.1) is 0 Å². The zero-order chi connectivity index (χ0) is 21.5. The van der Waals surface area contributed by atoms with Crippen LogP contribution in [0.25, 0.3) is 6.08 Å². The summed E-state index contributed by atoms with van der Waals surface area (Å²) in [5.41, 5.74) is 3.57. The van der Waals surface area contributed by atoms with Crippen molar-refractivity contribution in [1.82, 2.24) is 4.90 Å². The maximum absolute atomic E-state index is 12.8. The van der Waals surface area contributed by atoms with Crippen LogP contribution in [0.15, 0.2) is 48.5 Å². The lowest BCUT2D eigenvalue weighted by molar-refractivity contribution is -0.131. The molecule has 2 aromatic carbocycles. The van der Waals surface area contributed by atoms with E-state index in [1.807, 2.05) is 66.4 Å². The van der Waals surface area contributed by atoms with E-state index in [0.29, 0.717) is 13.0 Å². The third-order valence-electron chi connectivity index (χ3n) is 5.20. The van der Waals surface area contributed by atoms with Crippen LogP contribution in [0, 0.1) is 0 Å². The summed E-state index contributed by atoms with van der Waals surface area (Å²) in [7, 11) is 0. The van der Waals surface area contributed by atoms with Crippen LogP contribution in [0.1, 0.15) is 19.4 Å². The maximum Gasteiger partial charge on any atom is 0.242 e. The van der Waals surface area contributed by atoms with Crippen LogP contribution < -0.4 is 15.5 Å². The molecule has 1 heterocycles. The predicted octanol–water partition coefficient (Wildman–Crippen LogP) is 4.09. The quantitative estimate of drug-likeness (QED) is 0.654. The lowest BCUT2D eigenvalue weighted by Crippen LogP contribution is -2.55. The molecule has 0 bridgehead atoms. The van der Waals surface area contributed by atoms with Crippen molar-refractivity contribution in [2.24, 2.45) is 0 Å². The van der Waals surface area contributed by atoms with Crippen LogP contribution in [-0.4, -0.2) is 49.4 Å². The molecule has 2 amide bonds. The van der Waals surface area contributed by atoms with E-state index in [-0.39, 0.29) is 18.5 Å². The highest BCUT2D eigenvalue weighted by atomic mass is 35.5. The van der Waals surface area contributed by atoms with Crippen molar-refractivity contribution in [3.05, 3.63) is 59.1 Å². The molecule has 158 valence electrons. The van der Waals surface area contributed by atoms with Gasteiger partial charge in [0.1, 0.15) is 0 Å². The first kappa shape index (κ1) is 21.7. The summed E-state index contributed by atoms with van der Waals surface area (Å²) in [6.07, 6.45) is 4.48. The molecule has 6 nitrogen and oxygen atoms in total. The molecule has 0 aliphatic carbocycles. The second-order valence-electron chi connectivity index (χ2n) is 7.28. The summed E-state index contributed by atoms with van der Waals surface area (Å²) in [6.45, 7) is 6.46. The third-order valence-corrected chi connectivity index (χ3v) is 5.45. The lowest BCUT2D eigenvalue weighted by Gasteiger charge is -2.41. The Hall–Kier alpha value is -2.99. The molecule has 2 N–H and O–H groups in total. The smallest absolute Gasteiger partial charge is 0.242 e. The summed E-state index contributed by atoms with van der Waals surface area (Å²) >= 11 is 5.98. The van der Waals surface area contributed by atoms with Gasteiger partial charge in [0, 0.05) is 47.8 Å². The molecule has 1 atom stereocenters. The Morgan fingerprint density at radius 1 is 1.20 bits per heavy atom. The summed E-state index contributed by atoms with van der Waals surface area (Å²) in [5, 5.41) is 6.62. The standard InChI is InChI=1S/C23H27ClN4O2/c1-3-4-18-13-20(7-10-22(18)26-16-29)25-14-23(30)28-12-11-27(15-17(28)2)21-8-5-19(24)6-9-21/h3-10,13,16-17,25H,11-12,14-15H2,1-2H3,(H,26,29)/b4-3-/t17-/m1/s1. The number of allylic oxidation sites excluding steroid dienone is 1. The predicted molar refractivity (Wildman–Crippen MR) is 124 cm³/mol. The van der Waals surface area contributed by atoms with Gasteiger partial charge in [-0.1, -0.05) is 23.8 Å². The second-order valence-corrected chi connectivity index (χ2v) is 7.71. The van der Waals surface area contributed by atoms with Crippen LogP contribution in [0.2, 0.25) is 5.02 Å². The highest BCUT2D eigenvalue weighted by Gasteiger charge is 2.27. The molecule has 1 aliphatic rings. The van der Waals surface area contributed by atoms with Gasteiger partial charge in [0.25, 0.3) is 0 Å². The molecular weight excluding hydrogens is 400 g/mol. The van der Waals surface area contributed by atoms with Gasteiger partial charge >= 0.3 is 0 Å². The number of amides is 2. The first-order valence-electron chi connectivity index (χ1n) is 10.0. The number of nitrogens with zero attached hydrogens (tertiary/aromatic N) is 2. The number of hydrogen-bond acceptors (Lipinski definition) is 4. The number of benzene rings is 2. The Kier molecular flexibility index (Phi) is 7.36. The van der Waals surface area contributed by atoms with Crippen molar-refractivity contribution in [1.29, 1.82) is 0 Å². The molecule has 3 rings (SSSR count). The van der Waals surface area contributed by atoms with Gasteiger partial charge < -0.3 is 20.4 Å². The summed E-state index contributed by atoms with van der Waals surface area (Å²) in [5.74, 6) is 0.0703. The summed E-state index contributed by atoms with van der Waals surface area (Å²) in [4.78, 5) is 27.8. The van der Waals surface area contributed by atoms with Gasteiger partial charge in [-0.25, -0.2) is 0 Å². The zero-order valence-electron chi connectivity index (χ0n) is 17.3. The Morgan fingerprint density at radius 2 is 1.97 bits per heavy atom. The number of rotatable bonds is 7. The van der Waals surface area contributed by atoms with Gasteiger partial charge in [-0.3, -0.25) is 9.59 Å². The van der Waals surface area contributed by atoms with Crippen molar-refractivity contribution in [3.63, 3.8) is 0 Å². The molecule has 2 aromatic rings. The molecule has 1 saturated heterocycles. The van der Waals surface area contributed by atoms with E-state index in [0.717, 1.165) is 40.7 Å². The second kappa shape index (κ2) is 10.2. The Morgan fingerprint density at radius 3 is 2.63 bits per heavy atom. The fourth-order valence-electron chi connectivity index (χ4n) is 3.68. The van der Waals surface area contributed by atoms with E-state index in [2.05, 4.69) is 22.5 Å². The number of carbonyl (C=O) groups excluding carboxylic acids is 2. The van der Waals surface area contributed by atoms with E-state index in [1.165, 1.54) is 0 Å². The molecule has 30 heavy (non-hydrogen) atoms. The van der Waals surface area contributed by atoms with Crippen LogP contribution >= 0.6 is 11.6 Å². The Bertz CT molecular complexity index is 914.